The van der Waals surface area contributed by atoms with Crippen LogP contribution < -0.4 is 0 Å². The van der Waals surface area contributed by atoms with Crippen molar-refractivity contribution in [3.05, 3.63) is 0 Å². The molecule has 0 spiro atoms. The van der Waals surface area contributed by atoms with Gasteiger partial charge in [0, 0.05) is 18.8 Å². The van der Waals surface area contributed by atoms with E-state index in [1.165, 1.54) is 20.8 Å². The molecule has 0 aliphatic carbocycles. The Morgan fingerprint density at radius 2 is 1.54 bits per heavy atom. The first kappa shape index (κ1) is 12.0. The van der Waals surface area contributed by atoms with Crippen LogP contribution in [-0.4, -0.2) is 17.3 Å². The third-order valence-electron chi connectivity index (χ3n) is 1.95. The van der Waals surface area contributed by atoms with Crippen molar-refractivity contribution >= 4 is 17.3 Å². The van der Waals surface area contributed by atoms with Crippen molar-refractivity contribution in [2.75, 3.05) is 0 Å². The van der Waals surface area contributed by atoms with Crippen LogP contribution in [0, 0.1) is 5.92 Å². The molecule has 0 saturated carbocycles. The molecule has 0 amide bonds. The zero-order valence-corrected chi connectivity index (χ0v) is 8.42. The van der Waals surface area contributed by atoms with Gasteiger partial charge in [-0.25, -0.2) is 0 Å². The molecule has 74 valence electrons. The van der Waals surface area contributed by atoms with E-state index in [0.29, 0.717) is 12.8 Å². The summed E-state index contributed by atoms with van der Waals surface area (Å²) < 4.78 is 0. The van der Waals surface area contributed by atoms with E-state index in [0.717, 1.165) is 0 Å². The van der Waals surface area contributed by atoms with Crippen molar-refractivity contribution in [1.29, 1.82) is 0 Å². The van der Waals surface area contributed by atoms with Crippen LogP contribution in [0.15, 0.2) is 0 Å². The van der Waals surface area contributed by atoms with Crippen molar-refractivity contribution < 1.29 is 14.4 Å². The second-order valence-electron chi connectivity index (χ2n) is 3.45. The summed E-state index contributed by atoms with van der Waals surface area (Å²) in [6, 6.07) is 0. The van der Waals surface area contributed by atoms with Gasteiger partial charge in [0.15, 0.2) is 0 Å². The van der Waals surface area contributed by atoms with Gasteiger partial charge in [-0.15, -0.1) is 0 Å². The van der Waals surface area contributed by atoms with Crippen LogP contribution in [0.5, 0.6) is 0 Å². The number of Topliss-reactive ketones (excluding diaryl/α,β-unsaturated/α-hetero) is 3. The van der Waals surface area contributed by atoms with Crippen LogP contribution in [-0.2, 0) is 14.4 Å². The van der Waals surface area contributed by atoms with Crippen LogP contribution in [0.25, 0.3) is 0 Å². The van der Waals surface area contributed by atoms with E-state index in [9.17, 15) is 14.4 Å². The van der Waals surface area contributed by atoms with Crippen molar-refractivity contribution in [3.63, 3.8) is 0 Å². The molecular formula is C10H16O3. The molecule has 0 fully saturated rings. The van der Waals surface area contributed by atoms with E-state index in [-0.39, 0.29) is 29.7 Å². The predicted octanol–water partition coefficient (Wildman–Crippen LogP) is 1.54. The van der Waals surface area contributed by atoms with Crippen LogP contribution in [0.1, 0.15) is 40.0 Å². The summed E-state index contributed by atoms with van der Waals surface area (Å²) >= 11 is 0. The van der Waals surface area contributed by atoms with E-state index < -0.39 is 0 Å². The number of hydrogen-bond donors (Lipinski definition) is 0. The average molecular weight is 184 g/mol. The molecule has 0 saturated heterocycles. The molecule has 0 aliphatic heterocycles. The molecule has 0 heterocycles. The molecule has 0 radical (unpaired) electrons. The second kappa shape index (κ2) is 5.62. The Kier molecular flexibility index (Phi) is 5.19. The largest absolute Gasteiger partial charge is 0.300 e. The molecule has 0 rings (SSSR count). The van der Waals surface area contributed by atoms with Crippen molar-refractivity contribution in [3.8, 4) is 0 Å². The molecule has 0 aromatic rings. The first-order valence-corrected chi connectivity index (χ1v) is 4.42. The first-order chi connectivity index (χ1) is 5.93. The molecule has 13 heavy (non-hydrogen) atoms. The zero-order valence-electron chi connectivity index (χ0n) is 8.42. The Balaban J connectivity index is 4.02. The molecule has 3 nitrogen and oxygen atoms in total. The lowest BCUT2D eigenvalue weighted by molar-refractivity contribution is -0.126. The van der Waals surface area contributed by atoms with E-state index in [1.54, 1.807) is 0 Å². The maximum Gasteiger partial charge on any atom is 0.133 e. The van der Waals surface area contributed by atoms with E-state index >= 15 is 0 Å². The van der Waals surface area contributed by atoms with E-state index in [2.05, 4.69) is 0 Å². The number of carbonyl (C=O) groups is 3. The van der Waals surface area contributed by atoms with Gasteiger partial charge in [0.05, 0.1) is 0 Å². The number of hydrogen-bond acceptors (Lipinski definition) is 3. The molecule has 0 bridgehead atoms. The highest BCUT2D eigenvalue weighted by molar-refractivity contribution is 5.86. The Hall–Kier alpha value is -0.990. The van der Waals surface area contributed by atoms with Gasteiger partial charge in [-0.3, -0.25) is 4.79 Å². The number of rotatable bonds is 6. The quantitative estimate of drug-likeness (QED) is 0.629. The fourth-order valence-corrected chi connectivity index (χ4v) is 1.17. The second-order valence-corrected chi connectivity index (χ2v) is 3.45. The van der Waals surface area contributed by atoms with Gasteiger partial charge >= 0.3 is 0 Å². The maximum absolute atomic E-state index is 11.0. The highest BCUT2D eigenvalue weighted by Gasteiger charge is 2.16. The van der Waals surface area contributed by atoms with Gasteiger partial charge in [0.2, 0.25) is 0 Å². The molecule has 1 atom stereocenters. The third-order valence-corrected chi connectivity index (χ3v) is 1.95. The highest BCUT2D eigenvalue weighted by Crippen LogP contribution is 2.13. The summed E-state index contributed by atoms with van der Waals surface area (Å²) in [5, 5.41) is 0. The normalized spacial score (nSPS) is 12.2. The molecule has 3 heteroatoms. The predicted molar refractivity (Wildman–Crippen MR) is 49.4 cm³/mol. The van der Waals surface area contributed by atoms with Gasteiger partial charge in [-0.1, -0.05) is 0 Å². The third kappa shape index (κ3) is 6.20. The van der Waals surface area contributed by atoms with Gasteiger partial charge in [0.1, 0.15) is 17.3 Å². The molecule has 0 aromatic heterocycles. The standard InChI is InChI=1S/C10H16O3/c1-7(11)4-5-10(9(3)13)6-8(2)12/h10H,4-6H2,1-3H3. The Morgan fingerprint density at radius 1 is 1.00 bits per heavy atom. The van der Waals surface area contributed by atoms with Gasteiger partial charge in [0.25, 0.3) is 0 Å². The minimum absolute atomic E-state index is 0.00329. The van der Waals surface area contributed by atoms with Crippen LogP contribution in [0.3, 0.4) is 0 Å². The van der Waals surface area contributed by atoms with Gasteiger partial charge < -0.3 is 9.59 Å². The minimum Gasteiger partial charge on any atom is -0.300 e. The summed E-state index contributed by atoms with van der Waals surface area (Å²) in [5.74, 6) is -0.198. The zero-order chi connectivity index (χ0) is 10.4. The Bertz CT molecular complexity index is 218. The summed E-state index contributed by atoms with van der Waals surface area (Å²) in [6.45, 7) is 4.42. The average Bonchev–Trinajstić information content (AvgIpc) is 1.96. The SMILES string of the molecule is CC(=O)CCC(CC(C)=O)C(C)=O. The molecule has 1 unspecified atom stereocenters. The lowest BCUT2D eigenvalue weighted by Crippen LogP contribution is -2.15. The molecule has 0 aromatic carbocycles. The van der Waals surface area contributed by atoms with Crippen molar-refractivity contribution in [2.45, 2.75) is 40.0 Å². The number of ketones is 3. The summed E-state index contributed by atoms with van der Waals surface area (Å²) in [7, 11) is 0. The topological polar surface area (TPSA) is 51.2 Å². The lowest BCUT2D eigenvalue weighted by Gasteiger charge is -2.09. The monoisotopic (exact) mass is 184 g/mol. The highest BCUT2D eigenvalue weighted by atomic mass is 16.1. The molecule has 0 aliphatic rings. The molecule has 0 N–H and O–H groups in total. The van der Waals surface area contributed by atoms with Crippen LogP contribution in [0.4, 0.5) is 0 Å². The fraction of sp³-hybridized carbons (Fsp3) is 0.700. The van der Waals surface area contributed by atoms with E-state index in [4.69, 9.17) is 0 Å². The number of carbonyl (C=O) groups excluding carboxylic acids is 3. The maximum atomic E-state index is 11.0. The summed E-state index contributed by atoms with van der Waals surface area (Å²) in [5.41, 5.74) is 0. The first-order valence-electron chi connectivity index (χ1n) is 4.42. The summed E-state index contributed by atoms with van der Waals surface area (Å²) in [6.07, 6.45) is 1.16. The van der Waals surface area contributed by atoms with Gasteiger partial charge in [-0.05, 0) is 27.2 Å². The van der Waals surface area contributed by atoms with E-state index in [1.807, 2.05) is 0 Å². The Morgan fingerprint density at radius 3 is 1.85 bits per heavy atom. The van der Waals surface area contributed by atoms with Crippen molar-refractivity contribution in [1.82, 2.24) is 0 Å². The summed E-state index contributed by atoms with van der Waals surface area (Å²) in [4.78, 5) is 32.5. The smallest absolute Gasteiger partial charge is 0.133 e. The Labute approximate surface area is 78.5 Å². The fourth-order valence-electron chi connectivity index (χ4n) is 1.17. The van der Waals surface area contributed by atoms with Crippen molar-refractivity contribution in [2.24, 2.45) is 5.92 Å². The lowest BCUT2D eigenvalue weighted by atomic mass is 9.93. The molecular weight excluding hydrogens is 168 g/mol. The van der Waals surface area contributed by atoms with Crippen LogP contribution >= 0.6 is 0 Å². The van der Waals surface area contributed by atoms with Gasteiger partial charge in [-0.2, -0.15) is 0 Å². The minimum atomic E-state index is -0.263. The van der Waals surface area contributed by atoms with Crippen LogP contribution in [0.2, 0.25) is 0 Å².